The summed E-state index contributed by atoms with van der Waals surface area (Å²) in [5, 5.41) is 0.769. The number of nitrogens with zero attached hydrogens (tertiary/aromatic N) is 1. The molecule has 114 valence electrons. The van der Waals surface area contributed by atoms with E-state index in [2.05, 4.69) is 61.9 Å². The Morgan fingerprint density at radius 3 is 2.23 bits per heavy atom. The highest BCUT2D eigenvalue weighted by atomic mass is 127. The molecule has 0 saturated carbocycles. The molecule has 0 unspecified atom stereocenters. The van der Waals surface area contributed by atoms with Crippen LogP contribution in [0.1, 0.15) is 25.0 Å². The maximum atomic E-state index is 5.93. The van der Waals surface area contributed by atoms with Gasteiger partial charge in [-0.15, -0.1) is 0 Å². The highest BCUT2D eigenvalue weighted by Gasteiger charge is 2.42. The highest BCUT2D eigenvalue weighted by molar-refractivity contribution is 6.30. The first-order valence-corrected chi connectivity index (χ1v) is 7.52. The second-order valence-electron chi connectivity index (χ2n) is 5.97. The van der Waals surface area contributed by atoms with Gasteiger partial charge in [0.1, 0.15) is 7.05 Å². The van der Waals surface area contributed by atoms with Gasteiger partial charge in [0.15, 0.2) is 5.71 Å². The number of hydrogen-bond donors (Lipinski definition) is 0. The third-order valence-electron chi connectivity index (χ3n) is 4.24. The molecule has 2 aromatic rings. The van der Waals surface area contributed by atoms with Gasteiger partial charge in [-0.05, 0) is 37.6 Å². The Morgan fingerprint density at radius 2 is 1.59 bits per heavy atom. The number of fused-ring (bicyclic) bond motifs is 1. The van der Waals surface area contributed by atoms with Gasteiger partial charge in [-0.3, -0.25) is 0 Å². The van der Waals surface area contributed by atoms with E-state index < -0.39 is 0 Å². The summed E-state index contributed by atoms with van der Waals surface area (Å²) >= 11 is 5.93. The van der Waals surface area contributed by atoms with E-state index in [1.807, 2.05) is 24.3 Å². The molecule has 3 heteroatoms. The van der Waals surface area contributed by atoms with E-state index in [4.69, 9.17) is 11.6 Å². The summed E-state index contributed by atoms with van der Waals surface area (Å²) in [4.78, 5) is 0. The molecular formula is C19H19ClIN. The average Bonchev–Trinajstić information content (AvgIpc) is 2.67. The number of para-hydroxylation sites is 1. The van der Waals surface area contributed by atoms with Gasteiger partial charge in [0.05, 0.1) is 5.41 Å². The predicted molar refractivity (Wildman–Crippen MR) is 90.8 cm³/mol. The second kappa shape index (κ2) is 6.55. The van der Waals surface area contributed by atoms with Gasteiger partial charge in [-0.25, -0.2) is 0 Å². The Hall–Kier alpha value is -1.13. The molecule has 3 rings (SSSR count). The summed E-state index contributed by atoms with van der Waals surface area (Å²) in [6.07, 6.45) is 4.36. The lowest BCUT2D eigenvalue weighted by molar-refractivity contribution is -0.401. The Labute approximate surface area is 154 Å². The van der Waals surface area contributed by atoms with Crippen molar-refractivity contribution in [1.29, 1.82) is 0 Å². The van der Waals surface area contributed by atoms with Crippen LogP contribution in [0.15, 0.2) is 54.6 Å². The molecule has 0 atom stereocenters. The molecule has 0 radical (unpaired) electrons. The van der Waals surface area contributed by atoms with E-state index in [0.717, 1.165) is 10.6 Å². The first-order valence-electron chi connectivity index (χ1n) is 7.14. The summed E-state index contributed by atoms with van der Waals surface area (Å²) in [6, 6.07) is 16.5. The zero-order valence-corrected chi connectivity index (χ0v) is 15.9. The molecule has 22 heavy (non-hydrogen) atoms. The fourth-order valence-corrected chi connectivity index (χ4v) is 3.18. The van der Waals surface area contributed by atoms with E-state index in [1.165, 1.54) is 17.0 Å². The zero-order chi connectivity index (χ0) is 15.0. The van der Waals surface area contributed by atoms with Crippen molar-refractivity contribution < 1.29 is 28.6 Å². The van der Waals surface area contributed by atoms with Crippen LogP contribution in [0.4, 0.5) is 5.69 Å². The fourth-order valence-electron chi connectivity index (χ4n) is 3.05. The van der Waals surface area contributed by atoms with Gasteiger partial charge in [0.25, 0.3) is 0 Å². The van der Waals surface area contributed by atoms with Crippen molar-refractivity contribution >= 4 is 29.1 Å². The molecule has 0 aromatic heterocycles. The van der Waals surface area contributed by atoms with Crippen molar-refractivity contribution in [2.75, 3.05) is 7.05 Å². The summed E-state index contributed by atoms with van der Waals surface area (Å²) in [5.74, 6) is 0. The standard InChI is InChI=1S/C19H19ClN.HI/c1-19(2)16-6-4-5-7-17(16)21(3)18(19)13-10-14-8-11-15(20)12-9-14;/h4-13H,1-3H3;1H/q+1;/p-1/b13-10+;. The van der Waals surface area contributed by atoms with E-state index in [9.17, 15) is 0 Å². The quantitative estimate of drug-likeness (QED) is 0.514. The van der Waals surface area contributed by atoms with Gasteiger partial charge < -0.3 is 24.0 Å². The van der Waals surface area contributed by atoms with Gasteiger partial charge in [-0.1, -0.05) is 41.9 Å². The van der Waals surface area contributed by atoms with Crippen LogP contribution >= 0.6 is 11.6 Å². The van der Waals surface area contributed by atoms with E-state index >= 15 is 0 Å². The maximum Gasteiger partial charge on any atom is 0.209 e. The number of hydrogen-bond acceptors (Lipinski definition) is 0. The van der Waals surface area contributed by atoms with Crippen LogP contribution in [0.5, 0.6) is 0 Å². The Bertz CT molecular complexity index is 742. The molecule has 1 aliphatic rings. The van der Waals surface area contributed by atoms with Crippen molar-refractivity contribution in [3.8, 4) is 0 Å². The minimum atomic E-state index is 0. The topological polar surface area (TPSA) is 3.01 Å². The molecule has 0 N–H and O–H groups in total. The third kappa shape index (κ3) is 2.99. The van der Waals surface area contributed by atoms with Crippen molar-refractivity contribution in [3.63, 3.8) is 0 Å². The van der Waals surface area contributed by atoms with E-state index in [-0.39, 0.29) is 29.4 Å². The molecule has 0 spiro atoms. The normalized spacial score (nSPS) is 15.8. The Morgan fingerprint density at radius 1 is 0.955 bits per heavy atom. The number of halogens is 2. The van der Waals surface area contributed by atoms with Gasteiger partial charge in [0, 0.05) is 22.7 Å². The van der Waals surface area contributed by atoms with Crippen molar-refractivity contribution in [3.05, 3.63) is 70.8 Å². The fraction of sp³-hybridized carbons (Fsp3) is 0.211. The molecule has 1 aliphatic heterocycles. The third-order valence-corrected chi connectivity index (χ3v) is 4.50. The molecular weight excluding hydrogens is 405 g/mol. The molecule has 1 heterocycles. The summed E-state index contributed by atoms with van der Waals surface area (Å²) in [5.41, 5.74) is 5.15. The lowest BCUT2D eigenvalue weighted by atomic mass is 9.81. The van der Waals surface area contributed by atoms with E-state index in [0.29, 0.717) is 0 Å². The van der Waals surface area contributed by atoms with Gasteiger partial charge in [-0.2, -0.15) is 4.58 Å². The molecule has 2 aromatic carbocycles. The molecule has 0 aliphatic carbocycles. The van der Waals surface area contributed by atoms with Crippen LogP contribution in [0.3, 0.4) is 0 Å². The molecule has 0 fully saturated rings. The van der Waals surface area contributed by atoms with Gasteiger partial charge >= 0.3 is 0 Å². The Balaban J connectivity index is 0.00000176. The van der Waals surface area contributed by atoms with Crippen LogP contribution in [-0.2, 0) is 5.41 Å². The monoisotopic (exact) mass is 423 g/mol. The number of benzene rings is 2. The van der Waals surface area contributed by atoms with Crippen molar-refractivity contribution in [2.24, 2.45) is 0 Å². The van der Waals surface area contributed by atoms with Crippen LogP contribution < -0.4 is 24.0 Å². The Kier molecular flexibility index (Phi) is 5.13. The summed E-state index contributed by atoms with van der Waals surface area (Å²) < 4.78 is 2.28. The second-order valence-corrected chi connectivity index (χ2v) is 6.41. The largest absolute Gasteiger partial charge is 1.00 e. The zero-order valence-electron chi connectivity index (χ0n) is 13.0. The lowest BCUT2D eigenvalue weighted by Crippen LogP contribution is -3.00. The van der Waals surface area contributed by atoms with Crippen LogP contribution in [-0.4, -0.2) is 17.3 Å². The maximum absolute atomic E-state index is 5.93. The van der Waals surface area contributed by atoms with E-state index in [1.54, 1.807) is 0 Å². The number of rotatable bonds is 2. The summed E-state index contributed by atoms with van der Waals surface area (Å²) in [7, 11) is 2.13. The van der Waals surface area contributed by atoms with Crippen molar-refractivity contribution in [2.45, 2.75) is 19.3 Å². The minimum Gasteiger partial charge on any atom is -1.00 e. The smallest absolute Gasteiger partial charge is 0.209 e. The molecule has 0 amide bonds. The average molecular weight is 424 g/mol. The molecule has 0 bridgehead atoms. The SMILES string of the molecule is C[N+]1=C(/C=C/c2ccc(Cl)cc2)C(C)(C)c2ccccc21.[I-]. The highest BCUT2D eigenvalue weighted by Crippen LogP contribution is 2.39. The minimum absolute atomic E-state index is 0. The first kappa shape index (κ1) is 17.2. The lowest BCUT2D eigenvalue weighted by Gasteiger charge is -2.15. The van der Waals surface area contributed by atoms with Crippen LogP contribution in [0, 0.1) is 0 Å². The predicted octanol–water partition coefficient (Wildman–Crippen LogP) is 2.06. The number of allylic oxidation sites excluding steroid dienone is 1. The summed E-state index contributed by atoms with van der Waals surface area (Å²) in [6.45, 7) is 4.55. The molecule has 0 saturated heterocycles. The van der Waals surface area contributed by atoms with Crippen LogP contribution in [0.25, 0.3) is 6.08 Å². The first-order chi connectivity index (χ1) is 10.00. The molecule has 1 nitrogen and oxygen atoms in total. The van der Waals surface area contributed by atoms with Crippen LogP contribution in [0.2, 0.25) is 5.02 Å². The van der Waals surface area contributed by atoms with Gasteiger partial charge in [0.2, 0.25) is 5.69 Å². The van der Waals surface area contributed by atoms with Crippen molar-refractivity contribution in [1.82, 2.24) is 0 Å².